The number of hydrogen-bond donors (Lipinski definition) is 1. The molecule has 0 radical (unpaired) electrons. The Morgan fingerprint density at radius 2 is 2.03 bits per heavy atom. The summed E-state index contributed by atoms with van der Waals surface area (Å²) in [6, 6.07) is 10.7. The Hall–Kier alpha value is -1.77. The molecule has 1 aliphatic rings. The van der Waals surface area contributed by atoms with Crippen molar-refractivity contribution in [2.45, 2.75) is 32.7 Å². The maximum atomic E-state index is 4.62. The van der Waals surface area contributed by atoms with Crippen LogP contribution in [0.15, 0.2) is 41.5 Å². The number of anilines is 1. The van der Waals surface area contributed by atoms with E-state index in [1.54, 1.807) is 0 Å². The van der Waals surface area contributed by atoms with E-state index in [1.165, 1.54) is 23.4 Å². The van der Waals surface area contributed by atoms with Crippen LogP contribution in [0.5, 0.6) is 0 Å². The number of aromatic nitrogens is 2. The van der Waals surface area contributed by atoms with Gasteiger partial charge in [0.25, 0.3) is 0 Å². The third kappa shape index (κ3) is 6.10. The summed E-state index contributed by atoms with van der Waals surface area (Å²) in [6.07, 6.45) is 3.33. The van der Waals surface area contributed by atoms with Gasteiger partial charge in [-0.25, -0.2) is 0 Å². The standard InChI is InChI=1S/C22H34N6.HI/c1-17(2)21-19(16-27(5)25-21)15-26(4)22(23-3)24-13-18-11-12-28(14-18)20-9-7-6-8-10-20;/h6-10,16-18H,11-15H2,1-5H3,(H,23,24);1H. The minimum Gasteiger partial charge on any atom is -0.371 e. The molecule has 0 saturated carbocycles. The van der Waals surface area contributed by atoms with E-state index in [0.717, 1.165) is 32.1 Å². The molecule has 0 bridgehead atoms. The largest absolute Gasteiger partial charge is 0.371 e. The quantitative estimate of drug-likeness (QED) is 0.366. The number of para-hydroxylation sites is 1. The Morgan fingerprint density at radius 3 is 2.69 bits per heavy atom. The van der Waals surface area contributed by atoms with E-state index in [9.17, 15) is 0 Å². The van der Waals surface area contributed by atoms with Crippen LogP contribution in [0.4, 0.5) is 5.69 Å². The lowest BCUT2D eigenvalue weighted by Crippen LogP contribution is -2.41. The van der Waals surface area contributed by atoms with Crippen molar-refractivity contribution in [3.8, 4) is 0 Å². The van der Waals surface area contributed by atoms with Crippen molar-refractivity contribution in [3.05, 3.63) is 47.8 Å². The molecule has 1 saturated heterocycles. The van der Waals surface area contributed by atoms with Crippen molar-refractivity contribution in [1.29, 1.82) is 0 Å². The number of rotatable bonds is 6. The number of guanidine groups is 1. The zero-order valence-corrected chi connectivity index (χ0v) is 20.6. The molecule has 1 unspecified atom stereocenters. The van der Waals surface area contributed by atoms with Gasteiger partial charge in [0.15, 0.2) is 5.96 Å². The highest BCUT2D eigenvalue weighted by molar-refractivity contribution is 14.0. The van der Waals surface area contributed by atoms with Gasteiger partial charge in [0.05, 0.1) is 5.69 Å². The van der Waals surface area contributed by atoms with Crippen LogP contribution in [0, 0.1) is 5.92 Å². The fourth-order valence-electron chi connectivity index (χ4n) is 3.99. The molecule has 1 fully saturated rings. The molecule has 0 spiro atoms. The number of nitrogens with one attached hydrogen (secondary N) is 1. The van der Waals surface area contributed by atoms with Gasteiger partial charge in [-0.1, -0.05) is 32.0 Å². The smallest absolute Gasteiger partial charge is 0.193 e. The average molecular weight is 510 g/mol. The fraction of sp³-hybridized carbons (Fsp3) is 0.545. The van der Waals surface area contributed by atoms with Crippen LogP contribution in [0.25, 0.3) is 0 Å². The molecule has 0 aliphatic carbocycles. The van der Waals surface area contributed by atoms with Gasteiger partial charge in [0.1, 0.15) is 0 Å². The van der Waals surface area contributed by atoms with Gasteiger partial charge < -0.3 is 15.1 Å². The van der Waals surface area contributed by atoms with Crippen molar-refractivity contribution in [1.82, 2.24) is 20.0 Å². The number of nitrogens with zero attached hydrogens (tertiary/aromatic N) is 5. The van der Waals surface area contributed by atoms with Crippen molar-refractivity contribution in [2.24, 2.45) is 18.0 Å². The molecule has 1 atom stereocenters. The molecular formula is C22H35IN6. The number of benzene rings is 1. The molecule has 29 heavy (non-hydrogen) atoms. The summed E-state index contributed by atoms with van der Waals surface area (Å²) in [5.74, 6) is 1.99. The molecule has 1 aromatic carbocycles. The Morgan fingerprint density at radius 1 is 1.31 bits per heavy atom. The van der Waals surface area contributed by atoms with E-state index in [0.29, 0.717) is 11.8 Å². The molecule has 0 amide bonds. The molecule has 1 N–H and O–H groups in total. The van der Waals surface area contributed by atoms with Crippen molar-refractivity contribution in [2.75, 3.05) is 38.6 Å². The summed E-state index contributed by atoms with van der Waals surface area (Å²) in [5, 5.41) is 8.20. The summed E-state index contributed by atoms with van der Waals surface area (Å²) < 4.78 is 1.91. The third-order valence-corrected chi connectivity index (χ3v) is 5.42. The van der Waals surface area contributed by atoms with Crippen LogP contribution in [0.3, 0.4) is 0 Å². The molecule has 2 heterocycles. The van der Waals surface area contributed by atoms with Crippen LogP contribution >= 0.6 is 24.0 Å². The van der Waals surface area contributed by atoms with Crippen LogP contribution < -0.4 is 10.2 Å². The van der Waals surface area contributed by atoms with Crippen LogP contribution in [-0.4, -0.2) is 54.4 Å². The van der Waals surface area contributed by atoms with E-state index in [4.69, 9.17) is 0 Å². The monoisotopic (exact) mass is 510 g/mol. The summed E-state index contributed by atoms with van der Waals surface area (Å²) in [6.45, 7) is 8.36. The maximum Gasteiger partial charge on any atom is 0.193 e. The Labute approximate surface area is 192 Å². The van der Waals surface area contributed by atoms with E-state index in [-0.39, 0.29) is 24.0 Å². The second-order valence-electron chi connectivity index (χ2n) is 8.09. The van der Waals surface area contributed by atoms with Crippen LogP contribution in [0.2, 0.25) is 0 Å². The first-order valence-electron chi connectivity index (χ1n) is 10.2. The summed E-state index contributed by atoms with van der Waals surface area (Å²) in [7, 11) is 5.94. The summed E-state index contributed by atoms with van der Waals surface area (Å²) in [4.78, 5) is 9.16. The number of hydrogen-bond acceptors (Lipinski definition) is 3. The number of aliphatic imine (C=N–C) groups is 1. The Balaban J connectivity index is 0.00000300. The molecule has 1 aliphatic heterocycles. The molecule has 7 heteroatoms. The average Bonchev–Trinajstić information content (AvgIpc) is 3.29. The molecule has 3 rings (SSSR count). The second-order valence-corrected chi connectivity index (χ2v) is 8.09. The van der Waals surface area contributed by atoms with E-state index in [2.05, 4.69) is 82.6 Å². The van der Waals surface area contributed by atoms with Crippen LogP contribution in [0.1, 0.15) is 37.4 Å². The molecule has 1 aromatic heterocycles. The molecule has 6 nitrogen and oxygen atoms in total. The van der Waals surface area contributed by atoms with E-state index in [1.807, 2.05) is 18.8 Å². The lowest BCUT2D eigenvalue weighted by atomic mass is 10.1. The lowest BCUT2D eigenvalue weighted by molar-refractivity contribution is 0.460. The van der Waals surface area contributed by atoms with Crippen molar-refractivity contribution in [3.63, 3.8) is 0 Å². The maximum absolute atomic E-state index is 4.62. The third-order valence-electron chi connectivity index (χ3n) is 5.42. The van der Waals surface area contributed by atoms with Gasteiger partial charge in [-0.2, -0.15) is 5.10 Å². The fourth-order valence-corrected chi connectivity index (χ4v) is 3.99. The van der Waals surface area contributed by atoms with Gasteiger partial charge in [0.2, 0.25) is 0 Å². The summed E-state index contributed by atoms with van der Waals surface area (Å²) in [5.41, 5.74) is 3.75. The normalized spacial score (nSPS) is 16.8. The van der Waals surface area contributed by atoms with E-state index < -0.39 is 0 Å². The zero-order chi connectivity index (χ0) is 20.1. The highest BCUT2D eigenvalue weighted by atomic mass is 127. The molecular weight excluding hydrogens is 475 g/mol. The Bertz CT molecular complexity index is 786. The first-order chi connectivity index (χ1) is 13.5. The number of aryl methyl sites for hydroxylation is 1. The predicted octanol–water partition coefficient (Wildman–Crippen LogP) is 3.70. The topological polar surface area (TPSA) is 48.7 Å². The zero-order valence-electron chi connectivity index (χ0n) is 18.3. The second kappa shape index (κ2) is 10.8. The van der Waals surface area contributed by atoms with Gasteiger partial charge in [-0.3, -0.25) is 9.67 Å². The van der Waals surface area contributed by atoms with Gasteiger partial charge in [-0.15, -0.1) is 24.0 Å². The highest BCUT2D eigenvalue weighted by Crippen LogP contribution is 2.23. The number of halogens is 1. The SMILES string of the molecule is CN=C(NCC1CCN(c2ccccc2)C1)N(C)Cc1cn(C)nc1C(C)C.I. The lowest BCUT2D eigenvalue weighted by Gasteiger charge is -2.24. The van der Waals surface area contributed by atoms with Gasteiger partial charge in [-0.05, 0) is 30.4 Å². The Kier molecular flexibility index (Phi) is 8.79. The van der Waals surface area contributed by atoms with E-state index >= 15 is 0 Å². The minimum atomic E-state index is 0. The van der Waals surface area contributed by atoms with Gasteiger partial charge in [0, 0.05) is 64.8 Å². The molecule has 2 aromatic rings. The van der Waals surface area contributed by atoms with Gasteiger partial charge >= 0.3 is 0 Å². The van der Waals surface area contributed by atoms with Crippen molar-refractivity contribution >= 4 is 35.6 Å². The first kappa shape index (κ1) is 23.5. The highest BCUT2D eigenvalue weighted by Gasteiger charge is 2.23. The minimum absolute atomic E-state index is 0. The first-order valence-corrected chi connectivity index (χ1v) is 10.2. The van der Waals surface area contributed by atoms with Crippen molar-refractivity contribution < 1.29 is 0 Å². The summed E-state index contributed by atoms with van der Waals surface area (Å²) >= 11 is 0. The molecule has 160 valence electrons. The van der Waals surface area contributed by atoms with Crippen LogP contribution in [-0.2, 0) is 13.6 Å². The predicted molar refractivity (Wildman–Crippen MR) is 132 cm³/mol.